The van der Waals surface area contributed by atoms with Crippen LogP contribution in [0.5, 0.6) is 0 Å². The fourth-order valence-corrected chi connectivity index (χ4v) is 3.52. The van der Waals surface area contributed by atoms with E-state index in [4.69, 9.17) is 14.9 Å². The molecule has 0 saturated carbocycles. The number of ketones is 1. The highest BCUT2D eigenvalue weighted by Gasteiger charge is 2.22. The van der Waals surface area contributed by atoms with Crippen LogP contribution in [0.1, 0.15) is 66.9 Å². The van der Waals surface area contributed by atoms with E-state index in [1.807, 2.05) is 27.7 Å². The van der Waals surface area contributed by atoms with Crippen LogP contribution < -0.4 is 0 Å². The van der Waals surface area contributed by atoms with Gasteiger partial charge in [0.05, 0.1) is 18.2 Å². The molecule has 200 valence electrons. The number of carbonyl (C=O) groups excluding carboxylic acids is 3. The van der Waals surface area contributed by atoms with Crippen LogP contribution in [0.25, 0.3) is 10.9 Å². The molecule has 0 fully saturated rings. The van der Waals surface area contributed by atoms with Gasteiger partial charge >= 0.3 is 11.9 Å². The van der Waals surface area contributed by atoms with Crippen molar-refractivity contribution in [3.8, 4) is 0 Å². The summed E-state index contributed by atoms with van der Waals surface area (Å²) in [6.07, 6.45) is 1.75. The average Bonchev–Trinajstić information content (AvgIpc) is 3.50. The first-order valence-electron chi connectivity index (χ1n) is 11.3. The molecular formula is C25H35FN2O7S. The smallest absolute Gasteiger partial charge is 0.357 e. The van der Waals surface area contributed by atoms with Crippen LogP contribution in [0.4, 0.5) is 4.39 Å². The summed E-state index contributed by atoms with van der Waals surface area (Å²) in [5.41, 5.74) is 0.722. The maximum atomic E-state index is 13.8. The number of hydrogen-bond acceptors (Lipinski definition) is 9. The van der Waals surface area contributed by atoms with Gasteiger partial charge < -0.3 is 24.3 Å². The van der Waals surface area contributed by atoms with Gasteiger partial charge in [-0.2, -0.15) is 0 Å². The van der Waals surface area contributed by atoms with Crippen molar-refractivity contribution in [1.29, 1.82) is 0 Å². The summed E-state index contributed by atoms with van der Waals surface area (Å²) in [6.45, 7) is 9.58. The number of fused-ring (bicyclic) bond motifs is 1. The van der Waals surface area contributed by atoms with Crippen molar-refractivity contribution in [3.63, 3.8) is 0 Å². The van der Waals surface area contributed by atoms with Crippen LogP contribution in [-0.4, -0.2) is 58.3 Å². The summed E-state index contributed by atoms with van der Waals surface area (Å²) >= 11 is 1.01. The van der Waals surface area contributed by atoms with Crippen molar-refractivity contribution in [3.05, 3.63) is 51.9 Å². The van der Waals surface area contributed by atoms with E-state index in [-0.39, 0.29) is 47.9 Å². The highest BCUT2D eigenvalue weighted by molar-refractivity contribution is 7.12. The molecule has 3 aromatic rings. The Hall–Kier alpha value is -3.15. The Kier molecular flexibility index (Phi) is 15.8. The summed E-state index contributed by atoms with van der Waals surface area (Å²) < 4.78 is 25.1. The maximum absolute atomic E-state index is 13.8. The number of aliphatic hydroxyl groups is 2. The number of esters is 2. The van der Waals surface area contributed by atoms with Crippen molar-refractivity contribution in [1.82, 2.24) is 9.55 Å². The molecule has 0 radical (unpaired) electrons. The molecule has 36 heavy (non-hydrogen) atoms. The van der Waals surface area contributed by atoms with E-state index in [9.17, 15) is 18.8 Å². The van der Waals surface area contributed by atoms with Crippen molar-refractivity contribution in [2.45, 2.75) is 47.8 Å². The summed E-state index contributed by atoms with van der Waals surface area (Å²) in [4.78, 5) is 40.4. The van der Waals surface area contributed by atoms with Gasteiger partial charge in [0.25, 0.3) is 0 Å². The second kappa shape index (κ2) is 17.3. The third-order valence-electron chi connectivity index (χ3n) is 4.12. The second-order valence-electron chi connectivity index (χ2n) is 7.09. The number of hydrogen-bond donors (Lipinski definition) is 2. The number of rotatable bonds is 7. The minimum absolute atomic E-state index is 0.0400. The maximum Gasteiger partial charge on any atom is 0.357 e. The lowest BCUT2D eigenvalue weighted by molar-refractivity contribution is -0.148. The lowest BCUT2D eigenvalue weighted by Gasteiger charge is -2.08. The molecule has 11 heteroatoms. The monoisotopic (exact) mass is 526 g/mol. The zero-order valence-corrected chi connectivity index (χ0v) is 22.5. The number of halogens is 1. The molecule has 0 atom stereocenters. The SMILES string of the molecule is CC.CCO.CO.COC(=O)c1csc(C(=O)c2cn(COC(=O)CC(C)C)c3cc(F)ccc23)n1. The minimum atomic E-state index is -0.637. The Morgan fingerprint density at radius 2 is 1.81 bits per heavy atom. The first-order chi connectivity index (χ1) is 17.2. The van der Waals surface area contributed by atoms with Crippen molar-refractivity contribution in [2.75, 3.05) is 20.8 Å². The number of nitrogens with zero attached hydrogens (tertiary/aromatic N) is 2. The van der Waals surface area contributed by atoms with E-state index >= 15 is 0 Å². The minimum Gasteiger partial charge on any atom is -0.464 e. The van der Waals surface area contributed by atoms with Gasteiger partial charge in [-0.25, -0.2) is 14.2 Å². The van der Waals surface area contributed by atoms with Crippen LogP contribution in [0.2, 0.25) is 0 Å². The van der Waals surface area contributed by atoms with Gasteiger partial charge in [0.1, 0.15) is 5.82 Å². The Balaban J connectivity index is 0.00000159. The Morgan fingerprint density at radius 1 is 1.19 bits per heavy atom. The van der Waals surface area contributed by atoms with Gasteiger partial charge in [-0.1, -0.05) is 27.7 Å². The van der Waals surface area contributed by atoms with E-state index in [0.717, 1.165) is 18.4 Å². The predicted molar refractivity (Wildman–Crippen MR) is 137 cm³/mol. The van der Waals surface area contributed by atoms with Crippen molar-refractivity contribution in [2.24, 2.45) is 5.92 Å². The number of aromatic nitrogens is 2. The molecule has 2 heterocycles. The molecule has 0 aliphatic carbocycles. The summed E-state index contributed by atoms with van der Waals surface area (Å²) in [5, 5.41) is 16.6. The van der Waals surface area contributed by atoms with E-state index in [1.54, 1.807) is 6.92 Å². The lowest BCUT2D eigenvalue weighted by Crippen LogP contribution is -2.11. The summed E-state index contributed by atoms with van der Waals surface area (Å²) in [6, 6.07) is 4.00. The highest BCUT2D eigenvalue weighted by atomic mass is 32.1. The molecule has 0 spiro atoms. The summed E-state index contributed by atoms with van der Waals surface area (Å²) in [5.74, 6) is -1.77. The molecule has 3 rings (SSSR count). The van der Waals surface area contributed by atoms with Crippen LogP contribution in [-0.2, 0) is 21.0 Å². The third-order valence-corrected chi connectivity index (χ3v) is 4.96. The van der Waals surface area contributed by atoms with Crippen LogP contribution >= 0.6 is 11.3 Å². The molecule has 0 amide bonds. The fraction of sp³-hybridized carbons (Fsp3) is 0.440. The fourth-order valence-electron chi connectivity index (χ4n) is 2.78. The quantitative estimate of drug-likeness (QED) is 0.342. The Bertz CT molecular complexity index is 1110. The Labute approximate surface area is 214 Å². The number of carbonyl (C=O) groups is 3. The number of aliphatic hydroxyl groups excluding tert-OH is 2. The second-order valence-corrected chi connectivity index (χ2v) is 7.95. The predicted octanol–water partition coefficient (Wildman–Crippen LogP) is 4.43. The molecule has 2 N–H and O–H groups in total. The van der Waals surface area contributed by atoms with Gasteiger partial charge in [-0.3, -0.25) is 9.59 Å². The van der Waals surface area contributed by atoms with Gasteiger partial charge in [-0.05, 0) is 31.0 Å². The zero-order valence-electron chi connectivity index (χ0n) is 21.7. The van der Waals surface area contributed by atoms with Crippen molar-refractivity contribution >= 4 is 40.0 Å². The standard InChI is InChI=1S/C20H19FN2O5S.C2H6O.C2H6.CH4O/c1-11(2)6-17(24)28-10-23-8-14(13-5-4-12(21)7-16(13)23)18(25)19-22-15(9-29-19)20(26)27-3;1-2-3;2*1-2/h4-5,7-9,11H,6,10H2,1-3H3;3H,2H2,1H3;1-2H3;2H,1H3. The molecule has 0 aliphatic heterocycles. The van der Waals surface area contributed by atoms with E-state index in [2.05, 4.69) is 9.72 Å². The lowest BCUT2D eigenvalue weighted by atomic mass is 10.1. The average molecular weight is 527 g/mol. The molecule has 0 saturated heterocycles. The molecule has 2 aromatic heterocycles. The number of ether oxygens (including phenoxy) is 2. The molecule has 0 bridgehead atoms. The highest BCUT2D eigenvalue weighted by Crippen LogP contribution is 2.26. The topological polar surface area (TPSA) is 128 Å². The van der Waals surface area contributed by atoms with Crippen molar-refractivity contribution < 1.29 is 38.5 Å². The summed E-state index contributed by atoms with van der Waals surface area (Å²) in [7, 11) is 2.23. The van der Waals surface area contributed by atoms with Crippen LogP contribution in [0.15, 0.2) is 29.8 Å². The van der Waals surface area contributed by atoms with Crippen LogP contribution in [0.3, 0.4) is 0 Å². The molecular weight excluding hydrogens is 491 g/mol. The van der Waals surface area contributed by atoms with Gasteiger partial charge in [0.15, 0.2) is 17.4 Å². The normalized spacial score (nSPS) is 9.75. The largest absolute Gasteiger partial charge is 0.464 e. The molecule has 9 nitrogen and oxygen atoms in total. The van der Waals surface area contributed by atoms with E-state index < -0.39 is 17.6 Å². The van der Waals surface area contributed by atoms with Gasteiger partial charge in [0.2, 0.25) is 5.78 Å². The first-order valence-corrected chi connectivity index (χ1v) is 12.2. The number of thiazole rings is 1. The molecule has 0 unspecified atom stereocenters. The molecule has 0 aliphatic rings. The van der Waals surface area contributed by atoms with Gasteiger partial charge in [-0.15, -0.1) is 11.3 Å². The van der Waals surface area contributed by atoms with Crippen LogP contribution in [0, 0.1) is 11.7 Å². The zero-order chi connectivity index (χ0) is 27.8. The first kappa shape index (κ1) is 32.8. The molecule has 1 aromatic carbocycles. The van der Waals surface area contributed by atoms with E-state index in [1.165, 1.54) is 41.5 Å². The number of methoxy groups -OCH3 is 1. The van der Waals surface area contributed by atoms with Gasteiger partial charge in [0, 0.05) is 37.1 Å². The number of benzene rings is 1. The third kappa shape index (κ3) is 9.48. The Morgan fingerprint density at radius 3 is 2.36 bits per heavy atom. The van der Waals surface area contributed by atoms with E-state index in [0.29, 0.717) is 10.9 Å².